The number of fused-ring (bicyclic) bond motifs is 1. The van der Waals surface area contributed by atoms with Gasteiger partial charge in [-0.2, -0.15) is 0 Å². The molecule has 0 N–H and O–H groups in total. The highest BCUT2D eigenvalue weighted by Gasteiger charge is 2.20. The first kappa shape index (κ1) is 17.5. The van der Waals surface area contributed by atoms with E-state index in [4.69, 9.17) is 21.3 Å². The summed E-state index contributed by atoms with van der Waals surface area (Å²) in [4.78, 5) is 18.0. The number of rotatable bonds is 4. The summed E-state index contributed by atoms with van der Waals surface area (Å²) in [5, 5.41) is 2.32. The number of halogens is 1. The number of thiophene rings is 1. The number of hydrogen-bond donors (Lipinski definition) is 0. The third kappa shape index (κ3) is 2.95. The Morgan fingerprint density at radius 1 is 1.15 bits per heavy atom. The minimum atomic E-state index is -0.172. The van der Waals surface area contributed by atoms with Crippen LogP contribution in [0, 0.1) is 0 Å². The summed E-state index contributed by atoms with van der Waals surface area (Å²) in [6.45, 7) is 4.21. The van der Waals surface area contributed by atoms with Gasteiger partial charge in [-0.3, -0.25) is 9.36 Å². The van der Waals surface area contributed by atoms with Gasteiger partial charge in [-0.05, 0) is 29.6 Å². The molecule has 0 saturated heterocycles. The molecule has 2 heterocycles. The summed E-state index contributed by atoms with van der Waals surface area (Å²) in [6, 6.07) is 16.5. The maximum Gasteiger partial charge on any atom is 0.276 e. The number of ether oxygens (including phenoxy) is 1. The standard InChI is InChI=1S/C21H15ClN2O2S/c1-13(14-7-3-6-10-18(14)26-2)20-23-16-11-12-27-19(16)21(25)24(20)17-9-5-4-8-15(17)22/h3-12H,1H2,2H3. The first-order valence-electron chi connectivity index (χ1n) is 8.19. The van der Waals surface area contributed by atoms with Crippen LogP contribution in [-0.2, 0) is 0 Å². The second kappa shape index (κ2) is 7.02. The molecule has 0 atom stereocenters. The number of benzene rings is 2. The first-order valence-corrected chi connectivity index (χ1v) is 9.45. The van der Waals surface area contributed by atoms with Gasteiger partial charge in [-0.15, -0.1) is 11.3 Å². The van der Waals surface area contributed by atoms with Crippen LogP contribution in [0.15, 0.2) is 71.4 Å². The predicted octanol–water partition coefficient (Wildman–Crippen LogP) is 5.17. The predicted molar refractivity (Wildman–Crippen MR) is 111 cm³/mol. The van der Waals surface area contributed by atoms with Gasteiger partial charge in [0.15, 0.2) is 0 Å². The molecule has 4 aromatic rings. The third-order valence-electron chi connectivity index (χ3n) is 4.28. The van der Waals surface area contributed by atoms with Crippen molar-refractivity contribution in [1.82, 2.24) is 9.55 Å². The number of hydrogen-bond acceptors (Lipinski definition) is 4. The normalized spacial score (nSPS) is 10.9. The lowest BCUT2D eigenvalue weighted by atomic mass is 10.1. The van der Waals surface area contributed by atoms with E-state index in [9.17, 15) is 4.79 Å². The lowest BCUT2D eigenvalue weighted by Crippen LogP contribution is -2.23. The van der Waals surface area contributed by atoms with Crippen LogP contribution in [0.25, 0.3) is 21.5 Å². The van der Waals surface area contributed by atoms with E-state index in [-0.39, 0.29) is 5.56 Å². The van der Waals surface area contributed by atoms with Crippen LogP contribution in [0.3, 0.4) is 0 Å². The summed E-state index contributed by atoms with van der Waals surface area (Å²) in [7, 11) is 1.60. The van der Waals surface area contributed by atoms with Gasteiger partial charge in [0.25, 0.3) is 5.56 Å². The quantitative estimate of drug-likeness (QED) is 0.479. The third-order valence-corrected chi connectivity index (χ3v) is 5.49. The fourth-order valence-corrected chi connectivity index (χ4v) is 3.97. The van der Waals surface area contributed by atoms with E-state index in [0.717, 1.165) is 5.56 Å². The maximum absolute atomic E-state index is 13.3. The molecule has 0 aliphatic carbocycles. The average molecular weight is 395 g/mol. The van der Waals surface area contributed by atoms with E-state index in [0.29, 0.717) is 38.1 Å². The van der Waals surface area contributed by atoms with Crippen molar-refractivity contribution < 1.29 is 4.74 Å². The van der Waals surface area contributed by atoms with Gasteiger partial charge in [-0.1, -0.05) is 48.5 Å². The highest BCUT2D eigenvalue weighted by molar-refractivity contribution is 7.17. The average Bonchev–Trinajstić information content (AvgIpc) is 3.17. The van der Waals surface area contributed by atoms with Crippen LogP contribution in [0.5, 0.6) is 5.75 Å². The van der Waals surface area contributed by atoms with Crippen molar-refractivity contribution in [2.24, 2.45) is 0 Å². The largest absolute Gasteiger partial charge is 0.496 e. The molecule has 0 saturated carbocycles. The number of para-hydroxylation sites is 2. The number of methoxy groups -OCH3 is 1. The zero-order chi connectivity index (χ0) is 19.0. The van der Waals surface area contributed by atoms with Gasteiger partial charge in [-0.25, -0.2) is 4.98 Å². The molecule has 0 bridgehead atoms. The zero-order valence-electron chi connectivity index (χ0n) is 14.5. The van der Waals surface area contributed by atoms with E-state index in [1.165, 1.54) is 15.9 Å². The van der Waals surface area contributed by atoms with Crippen molar-refractivity contribution >= 4 is 38.7 Å². The van der Waals surface area contributed by atoms with Gasteiger partial charge in [0.1, 0.15) is 16.3 Å². The van der Waals surface area contributed by atoms with E-state index < -0.39 is 0 Å². The second-order valence-electron chi connectivity index (χ2n) is 5.84. The van der Waals surface area contributed by atoms with Gasteiger partial charge in [0, 0.05) is 11.1 Å². The molecule has 4 rings (SSSR count). The second-order valence-corrected chi connectivity index (χ2v) is 7.16. The summed E-state index contributed by atoms with van der Waals surface area (Å²) in [5.74, 6) is 1.09. The highest BCUT2D eigenvalue weighted by Crippen LogP contribution is 2.31. The summed E-state index contributed by atoms with van der Waals surface area (Å²) in [6.07, 6.45) is 0. The van der Waals surface area contributed by atoms with Gasteiger partial charge < -0.3 is 4.74 Å². The highest BCUT2D eigenvalue weighted by atomic mass is 35.5. The van der Waals surface area contributed by atoms with Crippen molar-refractivity contribution in [3.63, 3.8) is 0 Å². The van der Waals surface area contributed by atoms with E-state index in [1.807, 2.05) is 47.8 Å². The molecule has 27 heavy (non-hydrogen) atoms. The van der Waals surface area contributed by atoms with Crippen molar-refractivity contribution in [3.8, 4) is 11.4 Å². The molecule has 0 aliphatic heterocycles. The maximum atomic E-state index is 13.3. The van der Waals surface area contributed by atoms with Crippen LogP contribution in [0.2, 0.25) is 5.02 Å². The summed E-state index contributed by atoms with van der Waals surface area (Å²) in [5.41, 5.74) is 2.38. The summed E-state index contributed by atoms with van der Waals surface area (Å²) >= 11 is 7.76. The molecule has 0 amide bonds. The molecule has 0 radical (unpaired) electrons. The van der Waals surface area contributed by atoms with Crippen molar-refractivity contribution in [2.45, 2.75) is 0 Å². The van der Waals surface area contributed by atoms with Crippen LogP contribution in [0.4, 0.5) is 0 Å². The van der Waals surface area contributed by atoms with Crippen LogP contribution < -0.4 is 10.3 Å². The fraction of sp³-hybridized carbons (Fsp3) is 0.0476. The molecular weight excluding hydrogens is 380 g/mol. The molecule has 0 fully saturated rings. The van der Waals surface area contributed by atoms with Crippen LogP contribution in [0.1, 0.15) is 11.4 Å². The molecule has 0 aliphatic rings. The molecule has 134 valence electrons. The molecule has 6 heteroatoms. The molecular formula is C21H15ClN2O2S. The molecule has 2 aromatic carbocycles. The molecule has 0 unspecified atom stereocenters. The minimum Gasteiger partial charge on any atom is -0.496 e. The Morgan fingerprint density at radius 2 is 1.89 bits per heavy atom. The number of nitrogens with zero attached hydrogens (tertiary/aromatic N) is 2. The van der Waals surface area contributed by atoms with Crippen molar-refractivity contribution in [2.75, 3.05) is 7.11 Å². The Labute approximate surface area is 165 Å². The zero-order valence-corrected chi connectivity index (χ0v) is 16.1. The van der Waals surface area contributed by atoms with Crippen LogP contribution >= 0.6 is 22.9 Å². The van der Waals surface area contributed by atoms with Crippen molar-refractivity contribution in [3.05, 3.63) is 93.3 Å². The monoisotopic (exact) mass is 394 g/mol. The minimum absolute atomic E-state index is 0.172. The first-order chi connectivity index (χ1) is 13.1. The van der Waals surface area contributed by atoms with Gasteiger partial charge in [0.05, 0.1) is 23.3 Å². The molecule has 0 spiro atoms. The SMILES string of the molecule is C=C(c1ccccc1OC)c1nc2ccsc2c(=O)n1-c1ccccc1Cl. The van der Waals surface area contributed by atoms with Crippen molar-refractivity contribution in [1.29, 1.82) is 0 Å². The Bertz CT molecular complexity index is 1230. The van der Waals surface area contributed by atoms with E-state index in [1.54, 1.807) is 19.2 Å². The van der Waals surface area contributed by atoms with Crippen LogP contribution in [-0.4, -0.2) is 16.7 Å². The number of aromatic nitrogens is 2. The summed E-state index contributed by atoms with van der Waals surface area (Å²) < 4.78 is 7.56. The molecule has 2 aromatic heterocycles. The Hall–Kier alpha value is -2.89. The lowest BCUT2D eigenvalue weighted by Gasteiger charge is -2.17. The smallest absolute Gasteiger partial charge is 0.276 e. The topological polar surface area (TPSA) is 44.1 Å². The lowest BCUT2D eigenvalue weighted by molar-refractivity contribution is 0.413. The Kier molecular flexibility index (Phi) is 4.56. The van der Waals surface area contributed by atoms with Gasteiger partial charge >= 0.3 is 0 Å². The fourth-order valence-electron chi connectivity index (χ4n) is 2.99. The Balaban J connectivity index is 2.05. The van der Waals surface area contributed by atoms with Gasteiger partial charge in [0.2, 0.25) is 0 Å². The van der Waals surface area contributed by atoms with E-state index in [2.05, 4.69) is 6.58 Å². The Morgan fingerprint density at radius 3 is 2.67 bits per heavy atom. The van der Waals surface area contributed by atoms with E-state index >= 15 is 0 Å². The molecule has 4 nitrogen and oxygen atoms in total.